The largest absolute Gasteiger partial charge is 0.449 e. The van der Waals surface area contributed by atoms with Crippen LogP contribution in [-0.4, -0.2) is 30.9 Å². The van der Waals surface area contributed by atoms with Gasteiger partial charge in [0, 0.05) is 18.0 Å². The van der Waals surface area contributed by atoms with E-state index in [4.69, 9.17) is 9.26 Å². The zero-order chi connectivity index (χ0) is 19.5. The zero-order valence-corrected chi connectivity index (χ0v) is 15.3. The SMILES string of the molecule is Cc1c(C(=O)OC(C)c2nc(-c3cccnc3)no2)cnn1-c1ccccc1. The maximum atomic E-state index is 12.6. The van der Waals surface area contributed by atoms with E-state index in [1.54, 1.807) is 30.1 Å². The fraction of sp³-hybridized carbons (Fsp3) is 0.150. The molecule has 1 unspecified atom stereocenters. The van der Waals surface area contributed by atoms with Crippen LogP contribution in [0.3, 0.4) is 0 Å². The summed E-state index contributed by atoms with van der Waals surface area (Å²) in [7, 11) is 0. The topological polar surface area (TPSA) is 95.9 Å². The van der Waals surface area contributed by atoms with Crippen LogP contribution >= 0.6 is 0 Å². The molecule has 0 N–H and O–H groups in total. The van der Waals surface area contributed by atoms with Gasteiger partial charge in [0.25, 0.3) is 5.89 Å². The van der Waals surface area contributed by atoms with E-state index in [0.29, 0.717) is 17.1 Å². The lowest BCUT2D eigenvalue weighted by Gasteiger charge is -2.09. The predicted molar refractivity (Wildman–Crippen MR) is 99.7 cm³/mol. The summed E-state index contributed by atoms with van der Waals surface area (Å²) in [6, 6.07) is 13.2. The van der Waals surface area contributed by atoms with Crippen LogP contribution in [0.1, 0.15) is 35.0 Å². The van der Waals surface area contributed by atoms with E-state index in [1.807, 2.05) is 43.3 Å². The number of benzene rings is 1. The molecule has 140 valence electrons. The van der Waals surface area contributed by atoms with E-state index in [0.717, 1.165) is 11.3 Å². The number of rotatable bonds is 5. The molecule has 1 aromatic carbocycles. The predicted octanol–water partition coefficient (Wildman–Crippen LogP) is 3.54. The van der Waals surface area contributed by atoms with Gasteiger partial charge in [0.05, 0.1) is 17.6 Å². The van der Waals surface area contributed by atoms with Crippen LogP contribution < -0.4 is 0 Å². The summed E-state index contributed by atoms with van der Waals surface area (Å²) < 4.78 is 12.4. The quantitative estimate of drug-likeness (QED) is 0.492. The lowest BCUT2D eigenvalue weighted by Crippen LogP contribution is -2.11. The highest BCUT2D eigenvalue weighted by atomic mass is 16.6. The zero-order valence-electron chi connectivity index (χ0n) is 15.3. The molecule has 28 heavy (non-hydrogen) atoms. The minimum atomic E-state index is -0.704. The first-order chi connectivity index (χ1) is 13.6. The Bertz CT molecular complexity index is 1090. The third-order valence-corrected chi connectivity index (χ3v) is 4.22. The number of hydrogen-bond acceptors (Lipinski definition) is 7. The van der Waals surface area contributed by atoms with Crippen molar-refractivity contribution in [3.8, 4) is 17.1 Å². The molecule has 3 aromatic heterocycles. The summed E-state index contributed by atoms with van der Waals surface area (Å²) in [4.78, 5) is 20.9. The van der Waals surface area contributed by atoms with Gasteiger partial charge in [0.2, 0.25) is 5.82 Å². The molecule has 4 aromatic rings. The number of carbonyl (C=O) groups excluding carboxylic acids is 1. The number of para-hydroxylation sites is 1. The van der Waals surface area contributed by atoms with Gasteiger partial charge in [-0.2, -0.15) is 10.1 Å². The van der Waals surface area contributed by atoms with Crippen LogP contribution in [0, 0.1) is 6.92 Å². The standard InChI is InChI=1S/C20H17N5O3/c1-13-17(12-22-25(13)16-8-4-3-5-9-16)20(26)27-14(2)19-23-18(24-28-19)15-7-6-10-21-11-15/h3-12,14H,1-2H3. The molecule has 4 rings (SSSR count). The van der Waals surface area contributed by atoms with Crippen molar-refractivity contribution in [2.24, 2.45) is 0 Å². The number of pyridine rings is 1. The Hall–Kier alpha value is -3.81. The Balaban J connectivity index is 1.50. The molecular formula is C20H17N5O3. The Kier molecular flexibility index (Phi) is 4.67. The average molecular weight is 375 g/mol. The first-order valence-electron chi connectivity index (χ1n) is 8.68. The molecule has 0 aliphatic rings. The molecule has 0 aliphatic heterocycles. The average Bonchev–Trinajstić information content (AvgIpc) is 3.36. The lowest BCUT2D eigenvalue weighted by molar-refractivity contribution is 0.0264. The molecule has 8 heteroatoms. The van der Waals surface area contributed by atoms with Crippen molar-refractivity contribution in [2.75, 3.05) is 0 Å². The molecule has 0 radical (unpaired) electrons. The van der Waals surface area contributed by atoms with Crippen molar-refractivity contribution in [3.05, 3.63) is 78.2 Å². The molecule has 0 saturated carbocycles. The van der Waals surface area contributed by atoms with Gasteiger partial charge in [-0.05, 0) is 38.1 Å². The number of aromatic nitrogens is 5. The smallest absolute Gasteiger partial charge is 0.342 e. The van der Waals surface area contributed by atoms with E-state index in [-0.39, 0.29) is 5.89 Å². The van der Waals surface area contributed by atoms with E-state index in [2.05, 4.69) is 20.2 Å². The number of nitrogens with zero attached hydrogens (tertiary/aromatic N) is 5. The van der Waals surface area contributed by atoms with E-state index < -0.39 is 12.1 Å². The van der Waals surface area contributed by atoms with Gasteiger partial charge in [0.15, 0.2) is 6.10 Å². The lowest BCUT2D eigenvalue weighted by atomic mass is 10.2. The second-order valence-corrected chi connectivity index (χ2v) is 6.14. The number of ether oxygens (including phenoxy) is 1. The number of esters is 1. The molecule has 0 bridgehead atoms. The fourth-order valence-corrected chi connectivity index (χ4v) is 2.73. The molecule has 3 heterocycles. The minimum Gasteiger partial charge on any atom is -0.449 e. The first-order valence-corrected chi connectivity index (χ1v) is 8.68. The maximum Gasteiger partial charge on any atom is 0.342 e. The first kappa shape index (κ1) is 17.6. The van der Waals surface area contributed by atoms with Crippen LogP contribution in [0.25, 0.3) is 17.1 Å². The molecule has 0 amide bonds. The van der Waals surface area contributed by atoms with Crippen molar-refractivity contribution in [1.29, 1.82) is 0 Å². The number of hydrogen-bond donors (Lipinski definition) is 0. The highest BCUT2D eigenvalue weighted by Crippen LogP contribution is 2.22. The van der Waals surface area contributed by atoms with Crippen LogP contribution in [0.15, 0.2) is 65.6 Å². The van der Waals surface area contributed by atoms with Gasteiger partial charge < -0.3 is 9.26 Å². The molecule has 0 saturated heterocycles. The van der Waals surface area contributed by atoms with E-state index in [9.17, 15) is 4.79 Å². The van der Waals surface area contributed by atoms with Crippen molar-refractivity contribution in [2.45, 2.75) is 20.0 Å². The van der Waals surface area contributed by atoms with Gasteiger partial charge >= 0.3 is 5.97 Å². The summed E-state index contributed by atoms with van der Waals surface area (Å²) in [5.41, 5.74) is 2.65. The number of carbonyl (C=O) groups is 1. The molecule has 0 aliphatic carbocycles. The highest BCUT2D eigenvalue weighted by Gasteiger charge is 2.23. The van der Waals surface area contributed by atoms with Gasteiger partial charge in [0.1, 0.15) is 5.56 Å². The molecule has 1 atom stereocenters. The molecule has 0 fully saturated rings. The second-order valence-electron chi connectivity index (χ2n) is 6.14. The van der Waals surface area contributed by atoms with Crippen LogP contribution in [0.2, 0.25) is 0 Å². The third-order valence-electron chi connectivity index (χ3n) is 4.22. The molecule has 8 nitrogen and oxygen atoms in total. The van der Waals surface area contributed by atoms with Crippen LogP contribution in [0.5, 0.6) is 0 Å². The third kappa shape index (κ3) is 3.39. The van der Waals surface area contributed by atoms with Gasteiger partial charge in [-0.3, -0.25) is 4.98 Å². The summed E-state index contributed by atoms with van der Waals surface area (Å²) in [6.45, 7) is 3.49. The highest BCUT2D eigenvalue weighted by molar-refractivity contribution is 5.90. The Morgan fingerprint density at radius 1 is 1.14 bits per heavy atom. The summed E-state index contributed by atoms with van der Waals surface area (Å²) in [5.74, 6) is 0.0905. The Labute approximate surface area is 160 Å². The molecule has 0 spiro atoms. The Morgan fingerprint density at radius 2 is 1.96 bits per heavy atom. The van der Waals surface area contributed by atoms with Crippen molar-refractivity contribution >= 4 is 5.97 Å². The van der Waals surface area contributed by atoms with E-state index >= 15 is 0 Å². The van der Waals surface area contributed by atoms with Crippen LogP contribution in [0.4, 0.5) is 0 Å². The summed E-state index contributed by atoms with van der Waals surface area (Å²) in [6.07, 6.45) is 4.08. The second kappa shape index (κ2) is 7.43. The van der Waals surface area contributed by atoms with Crippen molar-refractivity contribution in [3.63, 3.8) is 0 Å². The maximum absolute atomic E-state index is 12.6. The fourth-order valence-electron chi connectivity index (χ4n) is 2.73. The van der Waals surface area contributed by atoms with Crippen molar-refractivity contribution < 1.29 is 14.1 Å². The van der Waals surface area contributed by atoms with Crippen molar-refractivity contribution in [1.82, 2.24) is 24.9 Å². The monoisotopic (exact) mass is 375 g/mol. The summed E-state index contributed by atoms with van der Waals surface area (Å²) in [5, 5.41) is 8.20. The van der Waals surface area contributed by atoms with Gasteiger partial charge in [-0.15, -0.1) is 0 Å². The summed E-state index contributed by atoms with van der Waals surface area (Å²) >= 11 is 0. The van der Waals surface area contributed by atoms with Gasteiger partial charge in [-0.25, -0.2) is 9.48 Å². The van der Waals surface area contributed by atoms with Crippen LogP contribution in [-0.2, 0) is 4.74 Å². The Morgan fingerprint density at radius 3 is 2.71 bits per heavy atom. The van der Waals surface area contributed by atoms with Gasteiger partial charge in [-0.1, -0.05) is 23.4 Å². The molecular weight excluding hydrogens is 358 g/mol. The van der Waals surface area contributed by atoms with E-state index in [1.165, 1.54) is 6.20 Å². The minimum absolute atomic E-state index is 0.209. The normalized spacial score (nSPS) is 11.9.